The Balaban J connectivity index is 1.50. The molecule has 2 aromatic rings. The number of nitrogens with zero attached hydrogens (tertiary/aromatic N) is 3. The van der Waals surface area contributed by atoms with Crippen LogP contribution >= 0.6 is 0 Å². The third kappa shape index (κ3) is 5.61. The lowest BCUT2D eigenvalue weighted by Crippen LogP contribution is -2.26. The molecule has 166 valence electrons. The first-order valence-corrected chi connectivity index (χ1v) is 11.7. The average molecular weight is 413 g/mol. The Kier molecular flexibility index (Phi) is 8.28. The highest BCUT2D eigenvalue weighted by atomic mass is 15.1. The van der Waals surface area contributed by atoms with E-state index in [-0.39, 0.29) is 0 Å². The predicted octanol–water partition coefficient (Wildman–Crippen LogP) is 4.40. The fourth-order valence-corrected chi connectivity index (χ4v) is 4.57. The fourth-order valence-electron chi connectivity index (χ4n) is 4.57. The van der Waals surface area contributed by atoms with Crippen LogP contribution in [0.2, 0.25) is 0 Å². The van der Waals surface area contributed by atoms with Gasteiger partial charge in [-0.2, -0.15) is 0 Å². The average Bonchev–Trinajstić information content (AvgIpc) is 3.34. The topological polar surface area (TPSA) is 80.8 Å². The monoisotopic (exact) mass is 412 g/mol. The van der Waals surface area contributed by atoms with Gasteiger partial charge < -0.3 is 20.9 Å². The lowest BCUT2D eigenvalue weighted by Gasteiger charge is -2.15. The number of hydrogen-bond donors (Lipinski definition) is 3. The third-order valence-electron chi connectivity index (χ3n) is 6.59. The summed E-state index contributed by atoms with van der Waals surface area (Å²) >= 11 is 0. The van der Waals surface area contributed by atoms with Crippen LogP contribution in [-0.2, 0) is 0 Å². The number of nitrogens with one attached hydrogen (secondary N) is 2. The van der Waals surface area contributed by atoms with E-state index < -0.39 is 0 Å². The van der Waals surface area contributed by atoms with Crippen molar-refractivity contribution in [2.45, 2.75) is 71.3 Å². The van der Waals surface area contributed by atoms with E-state index in [1.54, 1.807) is 6.33 Å². The van der Waals surface area contributed by atoms with Crippen molar-refractivity contribution >= 4 is 16.9 Å². The molecule has 0 amide bonds. The summed E-state index contributed by atoms with van der Waals surface area (Å²) in [5, 5.41) is 8.21. The van der Waals surface area contributed by atoms with E-state index in [2.05, 4.69) is 58.7 Å². The Hall–Kier alpha value is -1.92. The van der Waals surface area contributed by atoms with E-state index >= 15 is 0 Å². The molecule has 1 fully saturated rings. The first kappa shape index (κ1) is 22.8. The van der Waals surface area contributed by atoms with Gasteiger partial charge in [0, 0.05) is 12.2 Å². The second kappa shape index (κ2) is 10.9. The Bertz CT molecular complexity index is 826. The van der Waals surface area contributed by atoms with E-state index in [0.717, 1.165) is 56.0 Å². The lowest BCUT2D eigenvalue weighted by molar-refractivity contribution is 0.451. The van der Waals surface area contributed by atoms with Gasteiger partial charge in [-0.1, -0.05) is 19.4 Å². The summed E-state index contributed by atoms with van der Waals surface area (Å²) < 4.78 is 2.39. The molecule has 6 heteroatoms. The summed E-state index contributed by atoms with van der Waals surface area (Å²) in [5.41, 5.74) is 9.80. The van der Waals surface area contributed by atoms with Gasteiger partial charge in [-0.3, -0.25) is 0 Å². The number of nitrogen functional groups attached to an aromatic ring is 1. The quantitative estimate of drug-likeness (QED) is 0.355. The molecule has 3 atom stereocenters. The molecule has 6 nitrogen and oxygen atoms in total. The molecule has 1 saturated carbocycles. The Morgan fingerprint density at radius 2 is 2.07 bits per heavy atom. The lowest BCUT2D eigenvalue weighted by atomic mass is 9.99. The van der Waals surface area contributed by atoms with Gasteiger partial charge in [-0.05, 0) is 89.0 Å². The third-order valence-corrected chi connectivity index (χ3v) is 6.59. The zero-order valence-corrected chi connectivity index (χ0v) is 19.1. The number of nitrogens with two attached hydrogens (primary N) is 1. The minimum atomic E-state index is 0.463. The second-order valence-electron chi connectivity index (χ2n) is 9.11. The summed E-state index contributed by atoms with van der Waals surface area (Å²) in [6.45, 7) is 14.8. The van der Waals surface area contributed by atoms with E-state index in [1.807, 2.05) is 0 Å². The normalized spacial score (nSPS) is 20.1. The van der Waals surface area contributed by atoms with Crippen LogP contribution in [0.15, 0.2) is 24.7 Å². The van der Waals surface area contributed by atoms with Crippen molar-refractivity contribution in [2.24, 2.45) is 5.92 Å². The molecule has 30 heavy (non-hydrogen) atoms. The van der Waals surface area contributed by atoms with Crippen molar-refractivity contribution < 1.29 is 0 Å². The molecule has 0 radical (unpaired) electrons. The van der Waals surface area contributed by atoms with Crippen LogP contribution in [0.5, 0.6) is 0 Å². The van der Waals surface area contributed by atoms with Gasteiger partial charge in [0.05, 0.1) is 5.39 Å². The van der Waals surface area contributed by atoms with Crippen LogP contribution in [0.4, 0.5) is 5.82 Å². The van der Waals surface area contributed by atoms with Crippen LogP contribution in [-0.4, -0.2) is 40.7 Å². The molecular formula is C24H40N6. The molecule has 0 bridgehead atoms. The summed E-state index contributed by atoms with van der Waals surface area (Å²) in [4.78, 5) is 8.87. The van der Waals surface area contributed by atoms with E-state index in [4.69, 9.17) is 5.73 Å². The molecule has 1 aliphatic rings. The summed E-state index contributed by atoms with van der Waals surface area (Å²) in [5.74, 6) is 1.81. The molecule has 0 saturated heterocycles. The van der Waals surface area contributed by atoms with E-state index in [0.29, 0.717) is 17.8 Å². The van der Waals surface area contributed by atoms with Crippen LogP contribution in [0.25, 0.3) is 11.0 Å². The van der Waals surface area contributed by atoms with Gasteiger partial charge in [-0.15, -0.1) is 6.58 Å². The van der Waals surface area contributed by atoms with Gasteiger partial charge in [-0.25, -0.2) is 9.97 Å². The van der Waals surface area contributed by atoms with Crippen molar-refractivity contribution in [3.63, 3.8) is 0 Å². The summed E-state index contributed by atoms with van der Waals surface area (Å²) in [7, 11) is 0. The maximum Gasteiger partial charge on any atom is 0.146 e. The first-order chi connectivity index (χ1) is 14.5. The van der Waals surface area contributed by atoms with Gasteiger partial charge in [0.2, 0.25) is 0 Å². The van der Waals surface area contributed by atoms with E-state index in [9.17, 15) is 0 Å². The predicted molar refractivity (Wildman–Crippen MR) is 127 cm³/mol. The number of rotatable bonds is 12. The molecule has 3 rings (SSSR count). The summed E-state index contributed by atoms with van der Waals surface area (Å²) in [6, 6.07) is 0.509. The van der Waals surface area contributed by atoms with Gasteiger partial charge in [0.15, 0.2) is 0 Å². The highest BCUT2D eigenvalue weighted by Crippen LogP contribution is 2.39. The maximum atomic E-state index is 6.24. The Morgan fingerprint density at radius 1 is 1.27 bits per heavy atom. The van der Waals surface area contributed by atoms with Gasteiger partial charge in [0.25, 0.3) is 0 Å². The number of aromatic nitrogens is 3. The highest BCUT2D eigenvalue weighted by Gasteiger charge is 2.28. The first-order valence-electron chi connectivity index (χ1n) is 11.7. The molecule has 4 N–H and O–H groups in total. The molecule has 0 aromatic carbocycles. The smallest absolute Gasteiger partial charge is 0.146 e. The minimum Gasteiger partial charge on any atom is -0.383 e. The SMILES string of the molecule is C=C(C)CCNCCCNC[C@@H]1CC[C@H](n2cc(C(C)CC)c3c(N)ncnc32)C1. The van der Waals surface area contributed by atoms with Crippen molar-refractivity contribution in [1.82, 2.24) is 25.2 Å². The van der Waals surface area contributed by atoms with Crippen molar-refractivity contribution in [1.29, 1.82) is 0 Å². The molecular weight excluding hydrogens is 372 g/mol. The van der Waals surface area contributed by atoms with Crippen molar-refractivity contribution in [3.05, 3.63) is 30.2 Å². The van der Waals surface area contributed by atoms with Crippen LogP contribution in [0.1, 0.15) is 76.8 Å². The fraction of sp³-hybridized carbons (Fsp3) is 0.667. The zero-order chi connectivity index (χ0) is 21.5. The van der Waals surface area contributed by atoms with E-state index in [1.165, 1.54) is 36.8 Å². The van der Waals surface area contributed by atoms with Gasteiger partial charge in [0.1, 0.15) is 17.8 Å². The zero-order valence-electron chi connectivity index (χ0n) is 19.1. The largest absolute Gasteiger partial charge is 0.383 e. The Labute approximate surface area is 181 Å². The number of fused-ring (bicyclic) bond motifs is 1. The maximum absolute atomic E-state index is 6.24. The van der Waals surface area contributed by atoms with Crippen molar-refractivity contribution in [3.8, 4) is 0 Å². The standard InChI is InChI=1S/C24H40N6/c1-5-18(4)21-15-30(24-22(21)23(25)28-16-29-24)20-8-7-19(13-20)14-27-11-6-10-26-12-9-17(2)3/h15-16,18-20,26-27H,2,5-14H2,1,3-4H3,(H2,25,28,29)/t18?,19-,20+/m1/s1. The molecule has 0 aliphatic heterocycles. The second-order valence-corrected chi connectivity index (χ2v) is 9.11. The molecule has 1 aliphatic carbocycles. The molecule has 0 spiro atoms. The molecule has 1 unspecified atom stereocenters. The highest BCUT2D eigenvalue weighted by molar-refractivity contribution is 5.90. The van der Waals surface area contributed by atoms with Crippen LogP contribution < -0.4 is 16.4 Å². The van der Waals surface area contributed by atoms with Gasteiger partial charge >= 0.3 is 0 Å². The minimum absolute atomic E-state index is 0.463. The number of hydrogen-bond acceptors (Lipinski definition) is 5. The molecule has 2 aromatic heterocycles. The summed E-state index contributed by atoms with van der Waals surface area (Å²) in [6.07, 6.45) is 10.9. The van der Waals surface area contributed by atoms with Crippen LogP contribution in [0, 0.1) is 5.92 Å². The van der Waals surface area contributed by atoms with Crippen LogP contribution in [0.3, 0.4) is 0 Å². The Morgan fingerprint density at radius 3 is 2.83 bits per heavy atom. The molecule has 2 heterocycles. The number of anilines is 1. The van der Waals surface area contributed by atoms with Crippen molar-refractivity contribution in [2.75, 3.05) is 31.9 Å².